The van der Waals surface area contributed by atoms with Gasteiger partial charge in [-0.15, -0.1) is 0 Å². The van der Waals surface area contributed by atoms with Gasteiger partial charge in [0, 0.05) is 18.7 Å². The highest BCUT2D eigenvalue weighted by atomic mass is 32.2. The minimum atomic E-state index is -3.51. The fourth-order valence-electron chi connectivity index (χ4n) is 2.36. The van der Waals surface area contributed by atoms with E-state index in [1.807, 2.05) is 31.2 Å². The third-order valence-corrected chi connectivity index (χ3v) is 5.31. The summed E-state index contributed by atoms with van der Waals surface area (Å²) >= 11 is 0. The molecular formula is C18H22N2O4S. The largest absolute Gasteiger partial charge is 0.497 e. The molecule has 0 radical (unpaired) electrons. The first kappa shape index (κ1) is 19.0. The van der Waals surface area contributed by atoms with Crippen molar-refractivity contribution < 1.29 is 17.9 Å². The van der Waals surface area contributed by atoms with Crippen LogP contribution in [0.4, 0.5) is 0 Å². The SMILES string of the molecule is CCN(Cc1ccc(OC)cc1)C(=O)c1ccc(S(=O)(=O)NC)cc1. The van der Waals surface area contributed by atoms with Crippen LogP contribution in [0.15, 0.2) is 53.4 Å². The van der Waals surface area contributed by atoms with Crippen molar-refractivity contribution >= 4 is 15.9 Å². The molecule has 0 atom stereocenters. The summed E-state index contributed by atoms with van der Waals surface area (Å²) in [5, 5.41) is 0. The molecule has 0 spiro atoms. The predicted molar refractivity (Wildman–Crippen MR) is 96.1 cm³/mol. The first-order chi connectivity index (χ1) is 11.9. The molecule has 0 bridgehead atoms. The molecule has 7 heteroatoms. The van der Waals surface area contributed by atoms with Gasteiger partial charge in [-0.05, 0) is 55.9 Å². The molecule has 0 fully saturated rings. The first-order valence-electron chi connectivity index (χ1n) is 7.87. The molecule has 134 valence electrons. The fourth-order valence-corrected chi connectivity index (χ4v) is 3.09. The zero-order valence-electron chi connectivity index (χ0n) is 14.5. The van der Waals surface area contributed by atoms with Gasteiger partial charge in [-0.3, -0.25) is 4.79 Å². The van der Waals surface area contributed by atoms with E-state index in [0.717, 1.165) is 11.3 Å². The van der Waals surface area contributed by atoms with Crippen LogP contribution in [0.5, 0.6) is 5.75 Å². The van der Waals surface area contributed by atoms with Crippen molar-refractivity contribution in [2.24, 2.45) is 0 Å². The molecule has 2 aromatic rings. The van der Waals surface area contributed by atoms with Crippen molar-refractivity contribution in [2.75, 3.05) is 20.7 Å². The van der Waals surface area contributed by atoms with Gasteiger partial charge >= 0.3 is 0 Å². The Bertz CT molecular complexity index is 815. The third-order valence-electron chi connectivity index (χ3n) is 3.88. The number of methoxy groups -OCH3 is 1. The number of nitrogens with zero attached hydrogens (tertiary/aromatic N) is 1. The molecule has 0 saturated heterocycles. The van der Waals surface area contributed by atoms with Crippen molar-refractivity contribution in [3.63, 3.8) is 0 Å². The Morgan fingerprint density at radius 3 is 2.16 bits per heavy atom. The summed E-state index contributed by atoms with van der Waals surface area (Å²) in [6.07, 6.45) is 0. The van der Waals surface area contributed by atoms with E-state index in [0.29, 0.717) is 18.7 Å². The molecule has 1 N–H and O–H groups in total. The van der Waals surface area contributed by atoms with E-state index in [4.69, 9.17) is 4.74 Å². The number of nitrogens with one attached hydrogen (secondary N) is 1. The lowest BCUT2D eigenvalue weighted by atomic mass is 10.1. The monoisotopic (exact) mass is 362 g/mol. The molecule has 0 aliphatic rings. The molecule has 0 heterocycles. The van der Waals surface area contributed by atoms with Crippen molar-refractivity contribution in [2.45, 2.75) is 18.4 Å². The second kappa shape index (κ2) is 8.13. The van der Waals surface area contributed by atoms with E-state index in [2.05, 4.69) is 4.72 Å². The van der Waals surface area contributed by atoms with Crippen LogP contribution in [0.3, 0.4) is 0 Å². The molecule has 0 aliphatic carbocycles. The number of carbonyl (C=O) groups is 1. The minimum Gasteiger partial charge on any atom is -0.497 e. The van der Waals surface area contributed by atoms with Gasteiger partial charge in [0.1, 0.15) is 5.75 Å². The second-order valence-electron chi connectivity index (χ2n) is 5.40. The Morgan fingerprint density at radius 2 is 1.68 bits per heavy atom. The Kier molecular flexibility index (Phi) is 6.17. The lowest BCUT2D eigenvalue weighted by Gasteiger charge is -2.21. The molecule has 1 amide bonds. The predicted octanol–water partition coefficient (Wildman–Crippen LogP) is 2.27. The Balaban J connectivity index is 2.15. The van der Waals surface area contributed by atoms with Crippen LogP contribution in [0.25, 0.3) is 0 Å². The minimum absolute atomic E-state index is 0.129. The number of amides is 1. The van der Waals surface area contributed by atoms with Crippen molar-refractivity contribution in [1.82, 2.24) is 9.62 Å². The number of benzene rings is 2. The molecule has 2 rings (SSSR count). The topological polar surface area (TPSA) is 75.7 Å². The van der Waals surface area contributed by atoms with Crippen molar-refractivity contribution in [3.8, 4) is 5.75 Å². The quantitative estimate of drug-likeness (QED) is 0.820. The van der Waals surface area contributed by atoms with Crippen molar-refractivity contribution in [3.05, 3.63) is 59.7 Å². The van der Waals surface area contributed by atoms with Gasteiger partial charge in [0.25, 0.3) is 5.91 Å². The van der Waals surface area contributed by atoms with Crippen LogP contribution in [-0.2, 0) is 16.6 Å². The van der Waals surface area contributed by atoms with E-state index in [-0.39, 0.29) is 10.8 Å². The second-order valence-corrected chi connectivity index (χ2v) is 7.29. The van der Waals surface area contributed by atoms with Gasteiger partial charge < -0.3 is 9.64 Å². The van der Waals surface area contributed by atoms with Crippen LogP contribution in [0, 0.1) is 0 Å². The van der Waals surface area contributed by atoms with E-state index in [1.165, 1.54) is 31.3 Å². The van der Waals surface area contributed by atoms with E-state index >= 15 is 0 Å². The molecule has 25 heavy (non-hydrogen) atoms. The maximum absolute atomic E-state index is 12.7. The number of rotatable bonds is 7. The Labute approximate surface area is 148 Å². The highest BCUT2D eigenvalue weighted by Gasteiger charge is 2.17. The van der Waals surface area contributed by atoms with E-state index in [1.54, 1.807) is 12.0 Å². The van der Waals surface area contributed by atoms with Crippen molar-refractivity contribution in [1.29, 1.82) is 0 Å². The number of sulfonamides is 1. The summed E-state index contributed by atoms with van der Waals surface area (Å²) in [4.78, 5) is 14.5. The van der Waals surface area contributed by atoms with Gasteiger partial charge in [0.05, 0.1) is 12.0 Å². The number of carbonyl (C=O) groups excluding carboxylic acids is 1. The molecule has 0 aliphatic heterocycles. The van der Waals surface area contributed by atoms with E-state index in [9.17, 15) is 13.2 Å². The number of hydrogen-bond donors (Lipinski definition) is 1. The lowest BCUT2D eigenvalue weighted by Crippen LogP contribution is -2.30. The normalized spacial score (nSPS) is 11.2. The molecule has 6 nitrogen and oxygen atoms in total. The van der Waals surface area contributed by atoms with Crippen LogP contribution in [0.2, 0.25) is 0 Å². The average molecular weight is 362 g/mol. The van der Waals surface area contributed by atoms with Gasteiger partial charge in [-0.2, -0.15) is 0 Å². The highest BCUT2D eigenvalue weighted by Crippen LogP contribution is 2.16. The van der Waals surface area contributed by atoms with E-state index < -0.39 is 10.0 Å². The molecule has 0 unspecified atom stereocenters. The summed E-state index contributed by atoms with van der Waals surface area (Å²) < 4.78 is 30.9. The molecular weight excluding hydrogens is 340 g/mol. The average Bonchev–Trinajstić information content (AvgIpc) is 2.66. The maximum atomic E-state index is 12.7. The molecule has 0 saturated carbocycles. The van der Waals surface area contributed by atoms with Gasteiger partial charge in [-0.1, -0.05) is 12.1 Å². The zero-order valence-corrected chi connectivity index (χ0v) is 15.3. The summed E-state index contributed by atoms with van der Waals surface area (Å²) in [5.41, 5.74) is 1.44. The van der Waals surface area contributed by atoms with Crippen LogP contribution < -0.4 is 9.46 Å². The standard InChI is InChI=1S/C18H22N2O4S/c1-4-20(13-14-5-9-16(24-3)10-6-14)18(21)15-7-11-17(12-8-15)25(22,23)19-2/h5-12,19H,4,13H2,1-3H3. The Hall–Kier alpha value is -2.38. The first-order valence-corrected chi connectivity index (χ1v) is 9.35. The maximum Gasteiger partial charge on any atom is 0.254 e. The highest BCUT2D eigenvalue weighted by molar-refractivity contribution is 7.89. The van der Waals surface area contributed by atoms with Gasteiger partial charge in [-0.25, -0.2) is 13.1 Å². The van der Waals surface area contributed by atoms with Gasteiger partial charge in [0.15, 0.2) is 0 Å². The fraction of sp³-hybridized carbons (Fsp3) is 0.278. The molecule has 0 aromatic heterocycles. The number of hydrogen-bond acceptors (Lipinski definition) is 4. The van der Waals surface area contributed by atoms with Crippen LogP contribution >= 0.6 is 0 Å². The Morgan fingerprint density at radius 1 is 1.08 bits per heavy atom. The van der Waals surface area contributed by atoms with Gasteiger partial charge in [0.2, 0.25) is 10.0 Å². The number of ether oxygens (including phenoxy) is 1. The lowest BCUT2D eigenvalue weighted by molar-refractivity contribution is 0.0752. The van der Waals surface area contributed by atoms with Crippen LogP contribution in [-0.4, -0.2) is 39.9 Å². The van der Waals surface area contributed by atoms with Crippen LogP contribution in [0.1, 0.15) is 22.8 Å². The summed E-state index contributed by atoms with van der Waals surface area (Å²) in [6, 6.07) is 13.5. The third kappa shape index (κ3) is 4.58. The smallest absolute Gasteiger partial charge is 0.254 e. The molecule has 2 aromatic carbocycles. The zero-order chi connectivity index (χ0) is 18.4. The summed E-state index contributed by atoms with van der Waals surface area (Å²) in [6.45, 7) is 2.92. The summed E-state index contributed by atoms with van der Waals surface area (Å²) in [7, 11) is -0.553. The summed E-state index contributed by atoms with van der Waals surface area (Å²) in [5.74, 6) is 0.617.